The normalized spacial score (nSPS) is 16.1. The van der Waals surface area contributed by atoms with E-state index in [4.69, 9.17) is 0 Å². The van der Waals surface area contributed by atoms with Gasteiger partial charge >= 0.3 is 0 Å². The summed E-state index contributed by atoms with van der Waals surface area (Å²) in [7, 11) is 0. The lowest BCUT2D eigenvalue weighted by Crippen LogP contribution is -2.27. The monoisotopic (exact) mass is 702 g/mol. The average Bonchev–Trinajstić information content (AvgIpc) is 3.90. The molecule has 0 saturated heterocycles. The van der Waals surface area contributed by atoms with Crippen LogP contribution in [0.25, 0.3) is 20.2 Å². The Morgan fingerprint density at radius 1 is 0.472 bits per heavy atom. The van der Waals surface area contributed by atoms with Gasteiger partial charge in [-0.1, -0.05) is 111 Å². The fourth-order valence-electron chi connectivity index (χ4n) is 9.69. The molecule has 0 unspecified atom stereocenters. The van der Waals surface area contributed by atoms with E-state index < -0.39 is 0 Å². The Kier molecular flexibility index (Phi) is 7.73. The minimum absolute atomic E-state index is 0.121. The quantitative estimate of drug-likeness (QED) is 0.163. The highest BCUT2D eigenvalue weighted by atomic mass is 32.1. The van der Waals surface area contributed by atoms with Crippen LogP contribution in [0.4, 0.5) is 34.1 Å². The summed E-state index contributed by atoms with van der Waals surface area (Å²) in [5.41, 5.74) is 14.7. The number of hydrogen-bond donors (Lipinski definition) is 0. The summed E-state index contributed by atoms with van der Waals surface area (Å²) < 4.78 is 2.71. The molecule has 0 bridgehead atoms. The van der Waals surface area contributed by atoms with Gasteiger partial charge in [0.05, 0.1) is 17.1 Å². The zero-order valence-corrected chi connectivity index (χ0v) is 31.1. The van der Waals surface area contributed by atoms with E-state index in [1.165, 1.54) is 82.1 Å². The number of hydrogen-bond acceptors (Lipinski definition) is 3. The van der Waals surface area contributed by atoms with Crippen LogP contribution in [-0.2, 0) is 18.3 Å². The maximum Gasteiger partial charge on any atom is 0.0505 e. The number of anilines is 6. The molecular formula is C50H42N2S. The molecule has 2 nitrogen and oxygen atoms in total. The lowest BCUT2D eigenvalue weighted by molar-refractivity contribution is 0.508. The van der Waals surface area contributed by atoms with Gasteiger partial charge in [-0.25, -0.2) is 0 Å². The van der Waals surface area contributed by atoms with Crippen molar-refractivity contribution in [3.8, 4) is 0 Å². The zero-order chi connectivity index (χ0) is 35.5. The summed E-state index contributed by atoms with van der Waals surface area (Å²) in [6, 6.07) is 60.8. The van der Waals surface area contributed by atoms with Crippen LogP contribution >= 0.6 is 11.3 Å². The van der Waals surface area contributed by atoms with Crippen LogP contribution in [0.5, 0.6) is 0 Å². The first-order valence-corrected chi connectivity index (χ1v) is 19.9. The largest absolute Gasteiger partial charge is 0.310 e. The molecule has 0 fully saturated rings. The van der Waals surface area contributed by atoms with Gasteiger partial charge in [0.15, 0.2) is 0 Å². The highest BCUT2D eigenvalue weighted by Gasteiger charge is 2.49. The smallest absolute Gasteiger partial charge is 0.0505 e. The molecule has 8 aromatic rings. The second-order valence-corrected chi connectivity index (χ2v) is 16.1. The van der Waals surface area contributed by atoms with Gasteiger partial charge in [0.25, 0.3) is 0 Å². The van der Waals surface area contributed by atoms with Crippen LogP contribution in [0.2, 0.25) is 0 Å². The molecule has 53 heavy (non-hydrogen) atoms. The predicted octanol–water partition coefficient (Wildman–Crippen LogP) is 14.3. The van der Waals surface area contributed by atoms with E-state index in [2.05, 4.69) is 187 Å². The lowest BCUT2D eigenvalue weighted by Gasteiger charge is -2.38. The van der Waals surface area contributed by atoms with Crippen LogP contribution in [0.15, 0.2) is 164 Å². The molecule has 1 spiro atoms. The van der Waals surface area contributed by atoms with Crippen LogP contribution in [0, 0.1) is 0 Å². The molecule has 3 heteroatoms. The summed E-state index contributed by atoms with van der Waals surface area (Å²) >= 11 is 1.91. The van der Waals surface area contributed by atoms with E-state index in [0.29, 0.717) is 5.92 Å². The van der Waals surface area contributed by atoms with Crippen molar-refractivity contribution in [3.63, 3.8) is 0 Å². The molecule has 10 rings (SSSR count). The van der Waals surface area contributed by atoms with E-state index >= 15 is 0 Å². The fourth-order valence-corrected chi connectivity index (χ4v) is 10.8. The van der Waals surface area contributed by atoms with Gasteiger partial charge in [0, 0.05) is 42.6 Å². The summed E-state index contributed by atoms with van der Waals surface area (Å²) in [6.45, 7) is 4.73. The number of para-hydroxylation sites is 3. The second kappa shape index (κ2) is 12.8. The summed E-state index contributed by atoms with van der Waals surface area (Å²) in [4.78, 5) is 5.10. The fraction of sp³-hybridized carbons (Fsp3) is 0.160. The highest BCUT2D eigenvalue weighted by molar-refractivity contribution is 7.25. The highest BCUT2D eigenvalue weighted by Crippen LogP contribution is 2.60. The Bertz CT molecular complexity index is 2560. The van der Waals surface area contributed by atoms with Crippen LogP contribution in [0.3, 0.4) is 0 Å². The van der Waals surface area contributed by atoms with Crippen molar-refractivity contribution in [2.75, 3.05) is 9.80 Å². The molecule has 0 N–H and O–H groups in total. The van der Waals surface area contributed by atoms with Crippen molar-refractivity contribution in [3.05, 3.63) is 192 Å². The molecule has 2 aliphatic carbocycles. The molecular weight excluding hydrogens is 661 g/mol. The van der Waals surface area contributed by atoms with Crippen molar-refractivity contribution in [1.29, 1.82) is 0 Å². The summed E-state index contributed by atoms with van der Waals surface area (Å²) in [6.07, 6.45) is 4.36. The topological polar surface area (TPSA) is 6.48 Å². The van der Waals surface area contributed by atoms with Gasteiger partial charge in [-0.15, -0.1) is 11.3 Å². The number of rotatable bonds is 7. The van der Waals surface area contributed by atoms with Crippen LogP contribution in [0.1, 0.15) is 60.4 Å². The molecule has 2 aliphatic rings. The van der Waals surface area contributed by atoms with Crippen LogP contribution in [-0.4, -0.2) is 0 Å². The first kappa shape index (κ1) is 32.0. The Morgan fingerprint density at radius 2 is 0.981 bits per heavy atom. The van der Waals surface area contributed by atoms with Gasteiger partial charge in [-0.3, -0.25) is 0 Å². The predicted molar refractivity (Wildman–Crippen MR) is 227 cm³/mol. The van der Waals surface area contributed by atoms with Gasteiger partial charge < -0.3 is 9.80 Å². The van der Waals surface area contributed by atoms with Crippen molar-refractivity contribution in [2.45, 2.75) is 50.9 Å². The van der Waals surface area contributed by atoms with Crippen molar-refractivity contribution in [2.24, 2.45) is 0 Å². The third-order valence-electron chi connectivity index (χ3n) is 11.8. The molecule has 7 aromatic carbocycles. The van der Waals surface area contributed by atoms with Crippen molar-refractivity contribution < 1.29 is 0 Å². The molecule has 0 saturated carbocycles. The Hall–Kier alpha value is -5.64. The standard InChI is InChI=1S/C50H42N2S/c1-34(2)46-41(28-29-45-47(46)40-24-12-13-27-44(40)53-45)52(39-22-10-5-11-23-39)43-26-15-17-36-31-33-50(49(36)43)32-30-35-16-14-25-42(48(35)50)51(37-18-6-3-7-19-37)38-20-8-4-9-21-38/h3-29,34H,30-33H2,1-2H3/t50-/m1/s1. The SMILES string of the molecule is CC(C)c1c(N(c2ccccc2)c2cccc3c2[C@]2(CCc4cccc(N(c5ccccc5)c5ccccc5)c42)CC3)ccc2sc3ccccc3c12. The first-order valence-electron chi connectivity index (χ1n) is 19.1. The van der Waals surface area contributed by atoms with E-state index in [1.54, 1.807) is 0 Å². The molecule has 1 atom stereocenters. The number of fused-ring (bicyclic) bond motifs is 7. The van der Waals surface area contributed by atoms with Gasteiger partial charge in [0.2, 0.25) is 0 Å². The molecule has 1 aromatic heterocycles. The number of aryl methyl sites for hydroxylation is 2. The Balaban J connectivity index is 1.24. The third-order valence-corrected chi connectivity index (χ3v) is 12.9. The van der Waals surface area contributed by atoms with E-state index in [0.717, 1.165) is 25.7 Å². The van der Waals surface area contributed by atoms with E-state index in [9.17, 15) is 0 Å². The molecule has 1 heterocycles. The number of benzene rings is 7. The average molecular weight is 703 g/mol. The number of nitrogens with zero attached hydrogens (tertiary/aromatic N) is 2. The maximum atomic E-state index is 2.61. The van der Waals surface area contributed by atoms with Crippen molar-refractivity contribution in [1.82, 2.24) is 0 Å². The van der Waals surface area contributed by atoms with E-state index in [1.807, 2.05) is 11.3 Å². The van der Waals surface area contributed by atoms with Gasteiger partial charge in [-0.05, 0) is 126 Å². The molecule has 0 amide bonds. The first-order chi connectivity index (χ1) is 26.1. The lowest BCUT2D eigenvalue weighted by atomic mass is 9.74. The van der Waals surface area contributed by atoms with E-state index in [-0.39, 0.29) is 5.41 Å². The Labute approximate surface area is 316 Å². The molecule has 0 aliphatic heterocycles. The minimum atomic E-state index is -0.121. The summed E-state index contributed by atoms with van der Waals surface area (Å²) in [5.74, 6) is 0.327. The number of thiophene rings is 1. The molecule has 258 valence electrons. The molecule has 0 radical (unpaired) electrons. The maximum absolute atomic E-state index is 2.61. The Morgan fingerprint density at radius 3 is 1.55 bits per heavy atom. The second-order valence-electron chi connectivity index (χ2n) is 15.0. The zero-order valence-electron chi connectivity index (χ0n) is 30.3. The summed E-state index contributed by atoms with van der Waals surface area (Å²) in [5, 5.41) is 2.76. The third kappa shape index (κ3) is 5.05. The minimum Gasteiger partial charge on any atom is -0.310 e. The van der Waals surface area contributed by atoms with Crippen molar-refractivity contribution >= 4 is 65.6 Å². The van der Waals surface area contributed by atoms with Crippen LogP contribution < -0.4 is 9.80 Å². The van der Waals surface area contributed by atoms with Gasteiger partial charge in [-0.2, -0.15) is 0 Å². The van der Waals surface area contributed by atoms with Gasteiger partial charge in [0.1, 0.15) is 0 Å².